The van der Waals surface area contributed by atoms with Gasteiger partial charge >= 0.3 is 0 Å². The van der Waals surface area contributed by atoms with Crippen LogP contribution in [0.5, 0.6) is 0 Å². The first-order chi connectivity index (χ1) is 13.9. The highest BCUT2D eigenvalue weighted by Gasteiger charge is 2.29. The molecule has 0 aliphatic carbocycles. The average Bonchev–Trinajstić information content (AvgIpc) is 2.73. The van der Waals surface area contributed by atoms with Gasteiger partial charge in [-0.1, -0.05) is 30.3 Å². The van der Waals surface area contributed by atoms with E-state index in [4.69, 9.17) is 0 Å². The minimum atomic E-state index is -3.57. The van der Waals surface area contributed by atoms with Gasteiger partial charge in [0.2, 0.25) is 10.0 Å². The molecule has 1 saturated heterocycles. The molecule has 0 aromatic heterocycles. The van der Waals surface area contributed by atoms with Crippen molar-refractivity contribution in [2.45, 2.75) is 11.8 Å². The first-order valence-electron chi connectivity index (χ1n) is 9.35. The van der Waals surface area contributed by atoms with Gasteiger partial charge in [-0.25, -0.2) is 8.42 Å². The van der Waals surface area contributed by atoms with Crippen LogP contribution in [0.2, 0.25) is 0 Å². The lowest BCUT2D eigenvalue weighted by Gasteiger charge is -2.36. The van der Waals surface area contributed by atoms with Crippen molar-refractivity contribution in [3.8, 4) is 0 Å². The molecule has 0 spiro atoms. The number of hydrogen-bond acceptors (Lipinski definition) is 5. The number of nitro groups is 1. The van der Waals surface area contributed by atoms with E-state index < -0.39 is 14.9 Å². The highest BCUT2D eigenvalue weighted by molar-refractivity contribution is 7.89. The molecule has 0 unspecified atom stereocenters. The molecule has 4 rings (SSSR count). The van der Waals surface area contributed by atoms with Crippen LogP contribution in [0, 0.1) is 17.0 Å². The van der Waals surface area contributed by atoms with Crippen molar-refractivity contribution >= 4 is 32.2 Å². The van der Waals surface area contributed by atoms with E-state index in [1.807, 2.05) is 37.3 Å². The van der Waals surface area contributed by atoms with Crippen LogP contribution in [0.15, 0.2) is 65.6 Å². The summed E-state index contributed by atoms with van der Waals surface area (Å²) in [5.74, 6) is 0. The second-order valence-corrected chi connectivity index (χ2v) is 9.07. The fourth-order valence-electron chi connectivity index (χ4n) is 3.75. The van der Waals surface area contributed by atoms with Gasteiger partial charge in [-0.2, -0.15) is 4.31 Å². The minimum absolute atomic E-state index is 0.0590. The van der Waals surface area contributed by atoms with Crippen molar-refractivity contribution in [1.29, 1.82) is 0 Å². The minimum Gasteiger partial charge on any atom is -0.369 e. The molecule has 1 aliphatic rings. The van der Waals surface area contributed by atoms with Crippen molar-refractivity contribution in [2.75, 3.05) is 31.1 Å². The Labute approximate surface area is 169 Å². The van der Waals surface area contributed by atoms with Gasteiger partial charge in [0.1, 0.15) is 0 Å². The maximum atomic E-state index is 13.1. The van der Waals surface area contributed by atoms with E-state index in [1.165, 1.54) is 10.4 Å². The van der Waals surface area contributed by atoms with Crippen LogP contribution in [0.3, 0.4) is 0 Å². The molecule has 29 heavy (non-hydrogen) atoms. The summed E-state index contributed by atoms with van der Waals surface area (Å²) in [6.07, 6.45) is 0. The lowest BCUT2D eigenvalue weighted by Crippen LogP contribution is -2.48. The molecule has 0 atom stereocenters. The maximum Gasteiger partial charge on any atom is 0.269 e. The topological polar surface area (TPSA) is 83.8 Å². The summed E-state index contributed by atoms with van der Waals surface area (Å²) in [5.41, 5.74) is 1.77. The summed E-state index contributed by atoms with van der Waals surface area (Å²) in [4.78, 5) is 12.9. The average molecular weight is 411 g/mol. The predicted octanol–water partition coefficient (Wildman–Crippen LogP) is 3.57. The fraction of sp³-hybridized carbons (Fsp3) is 0.238. The number of non-ortho nitro benzene ring substituents is 1. The summed E-state index contributed by atoms with van der Waals surface area (Å²) in [6, 6.07) is 17.7. The Bertz CT molecular complexity index is 1190. The third kappa shape index (κ3) is 3.68. The second kappa shape index (κ2) is 7.46. The molecule has 0 radical (unpaired) electrons. The molecule has 1 fully saturated rings. The molecular formula is C21H21N3O4S. The van der Waals surface area contributed by atoms with Gasteiger partial charge < -0.3 is 4.90 Å². The van der Waals surface area contributed by atoms with Crippen molar-refractivity contribution < 1.29 is 13.3 Å². The molecule has 150 valence electrons. The van der Waals surface area contributed by atoms with Crippen LogP contribution < -0.4 is 4.90 Å². The van der Waals surface area contributed by atoms with E-state index in [9.17, 15) is 18.5 Å². The second-order valence-electron chi connectivity index (χ2n) is 7.13. The first kappa shape index (κ1) is 19.4. The number of rotatable bonds is 4. The number of nitrogens with zero attached hydrogens (tertiary/aromatic N) is 3. The number of hydrogen-bond donors (Lipinski definition) is 0. The summed E-state index contributed by atoms with van der Waals surface area (Å²) in [5, 5.41) is 12.8. The molecule has 8 heteroatoms. The molecule has 1 aliphatic heterocycles. The zero-order valence-electron chi connectivity index (χ0n) is 16.0. The molecule has 0 amide bonds. The monoisotopic (exact) mass is 411 g/mol. The van der Waals surface area contributed by atoms with Crippen LogP contribution in [-0.4, -0.2) is 43.8 Å². The van der Waals surface area contributed by atoms with Gasteiger partial charge in [0.25, 0.3) is 5.69 Å². The van der Waals surface area contributed by atoms with E-state index in [0.717, 1.165) is 22.0 Å². The zero-order valence-corrected chi connectivity index (χ0v) is 16.8. The molecular weight excluding hydrogens is 390 g/mol. The number of anilines is 1. The predicted molar refractivity (Wildman–Crippen MR) is 113 cm³/mol. The van der Waals surface area contributed by atoms with E-state index in [2.05, 4.69) is 4.90 Å². The van der Waals surface area contributed by atoms with Crippen molar-refractivity contribution in [3.63, 3.8) is 0 Å². The number of sulfonamides is 1. The number of benzene rings is 3. The Morgan fingerprint density at radius 2 is 1.59 bits per heavy atom. The molecule has 0 bridgehead atoms. The SMILES string of the molecule is Cc1cc([N+](=O)[O-])ccc1N1CCN(S(=O)(=O)c2ccc3ccccc3c2)CC1. The Balaban J connectivity index is 1.52. The van der Waals surface area contributed by atoms with Crippen LogP contribution in [0.1, 0.15) is 5.56 Å². The zero-order chi connectivity index (χ0) is 20.6. The van der Waals surface area contributed by atoms with Crippen molar-refractivity contribution in [3.05, 3.63) is 76.3 Å². The fourth-order valence-corrected chi connectivity index (χ4v) is 5.21. The van der Waals surface area contributed by atoms with Gasteiger partial charge in [0.15, 0.2) is 0 Å². The highest BCUT2D eigenvalue weighted by atomic mass is 32.2. The van der Waals surface area contributed by atoms with E-state index in [1.54, 1.807) is 24.3 Å². The Morgan fingerprint density at radius 3 is 2.24 bits per heavy atom. The number of aryl methyl sites for hydroxylation is 1. The highest BCUT2D eigenvalue weighted by Crippen LogP contribution is 2.27. The van der Waals surface area contributed by atoms with Crippen LogP contribution in [-0.2, 0) is 10.0 Å². The number of piperazine rings is 1. The molecule has 0 N–H and O–H groups in total. The van der Waals surface area contributed by atoms with Crippen LogP contribution in [0.25, 0.3) is 10.8 Å². The summed E-state index contributed by atoms with van der Waals surface area (Å²) < 4.78 is 27.7. The molecule has 0 saturated carbocycles. The number of nitro benzene ring substituents is 1. The van der Waals surface area contributed by atoms with Gasteiger partial charge in [-0.05, 0) is 41.5 Å². The van der Waals surface area contributed by atoms with Gasteiger partial charge in [0.05, 0.1) is 9.82 Å². The maximum absolute atomic E-state index is 13.1. The lowest BCUT2D eigenvalue weighted by atomic mass is 10.1. The van der Waals surface area contributed by atoms with E-state index in [0.29, 0.717) is 31.1 Å². The number of fused-ring (bicyclic) bond motifs is 1. The molecule has 1 heterocycles. The first-order valence-corrected chi connectivity index (χ1v) is 10.8. The Hall–Kier alpha value is -2.97. The molecule has 7 nitrogen and oxygen atoms in total. The molecule has 3 aromatic rings. The van der Waals surface area contributed by atoms with E-state index in [-0.39, 0.29) is 5.69 Å². The van der Waals surface area contributed by atoms with Crippen LogP contribution in [0.4, 0.5) is 11.4 Å². The van der Waals surface area contributed by atoms with Gasteiger partial charge in [-0.3, -0.25) is 10.1 Å². The Morgan fingerprint density at radius 1 is 0.897 bits per heavy atom. The smallest absolute Gasteiger partial charge is 0.269 e. The Kier molecular flexibility index (Phi) is 4.97. The summed E-state index contributed by atoms with van der Waals surface area (Å²) in [7, 11) is -3.57. The van der Waals surface area contributed by atoms with Gasteiger partial charge in [-0.15, -0.1) is 0 Å². The summed E-state index contributed by atoms with van der Waals surface area (Å²) in [6.45, 7) is 3.63. The van der Waals surface area contributed by atoms with Crippen molar-refractivity contribution in [1.82, 2.24) is 4.31 Å². The van der Waals surface area contributed by atoms with Crippen molar-refractivity contribution in [2.24, 2.45) is 0 Å². The third-order valence-corrected chi connectivity index (χ3v) is 7.22. The van der Waals surface area contributed by atoms with E-state index >= 15 is 0 Å². The molecule has 3 aromatic carbocycles. The quantitative estimate of drug-likeness (QED) is 0.484. The standard InChI is InChI=1S/C21H21N3O4S/c1-16-14-19(24(25)26)7-9-21(16)22-10-12-23(13-11-22)29(27,28)20-8-6-17-4-2-3-5-18(17)15-20/h2-9,14-15H,10-13H2,1H3. The summed E-state index contributed by atoms with van der Waals surface area (Å²) >= 11 is 0. The normalized spacial score (nSPS) is 15.6. The van der Waals surface area contributed by atoms with Gasteiger partial charge in [0, 0.05) is 44.0 Å². The lowest BCUT2D eigenvalue weighted by molar-refractivity contribution is -0.384. The van der Waals surface area contributed by atoms with Crippen LogP contribution >= 0.6 is 0 Å². The largest absolute Gasteiger partial charge is 0.369 e. The third-order valence-electron chi connectivity index (χ3n) is 5.33.